The van der Waals surface area contributed by atoms with Gasteiger partial charge in [-0.2, -0.15) is 0 Å². The largest absolute Gasteiger partial charge is 0.361 e. The van der Waals surface area contributed by atoms with Gasteiger partial charge in [0.05, 0.1) is 16.6 Å². The Morgan fingerprint density at radius 3 is 2.65 bits per heavy atom. The average Bonchev–Trinajstić information content (AvgIpc) is 2.83. The van der Waals surface area contributed by atoms with E-state index < -0.39 is 0 Å². The highest BCUT2D eigenvalue weighted by Gasteiger charge is 2.19. The Bertz CT molecular complexity index is 680. The van der Waals surface area contributed by atoms with Gasteiger partial charge < -0.3 is 9.05 Å². The summed E-state index contributed by atoms with van der Waals surface area (Å²) in [4.78, 5) is 0. The van der Waals surface area contributed by atoms with Crippen molar-refractivity contribution < 1.29 is 9.05 Å². The minimum Gasteiger partial charge on any atom is -0.361 e. The Balaban J connectivity index is 2.35. The Labute approximate surface area is 102 Å². The van der Waals surface area contributed by atoms with Gasteiger partial charge in [-0.3, -0.25) is 0 Å². The van der Waals surface area contributed by atoms with Crippen LogP contribution in [0.5, 0.6) is 0 Å². The SMILES string of the molecule is Cc1noc(C)c1-c1onc2ccc(Cl)cc12. The van der Waals surface area contributed by atoms with Crippen LogP contribution in [-0.4, -0.2) is 10.3 Å². The quantitative estimate of drug-likeness (QED) is 0.658. The molecule has 0 bridgehead atoms. The zero-order chi connectivity index (χ0) is 12.0. The molecule has 0 N–H and O–H groups in total. The molecular formula is C12H9ClN2O2. The van der Waals surface area contributed by atoms with Crippen LogP contribution in [0.2, 0.25) is 5.02 Å². The average molecular weight is 249 g/mol. The summed E-state index contributed by atoms with van der Waals surface area (Å²) in [5, 5.41) is 9.41. The smallest absolute Gasteiger partial charge is 0.180 e. The fourth-order valence-corrected chi connectivity index (χ4v) is 2.07. The van der Waals surface area contributed by atoms with Gasteiger partial charge in [-0.15, -0.1) is 0 Å². The van der Waals surface area contributed by atoms with Crippen LogP contribution < -0.4 is 0 Å². The lowest BCUT2D eigenvalue weighted by Crippen LogP contribution is -1.79. The van der Waals surface area contributed by atoms with E-state index in [1.165, 1.54) is 0 Å². The van der Waals surface area contributed by atoms with E-state index in [9.17, 15) is 0 Å². The molecule has 86 valence electrons. The zero-order valence-electron chi connectivity index (χ0n) is 9.32. The van der Waals surface area contributed by atoms with Crippen molar-refractivity contribution in [3.63, 3.8) is 0 Å². The normalized spacial score (nSPS) is 11.2. The lowest BCUT2D eigenvalue weighted by molar-refractivity contribution is 0.392. The predicted octanol–water partition coefficient (Wildman–Crippen LogP) is 3.75. The minimum absolute atomic E-state index is 0.647. The summed E-state index contributed by atoms with van der Waals surface area (Å²) in [6.45, 7) is 3.71. The van der Waals surface area contributed by atoms with E-state index in [1.807, 2.05) is 26.0 Å². The Hall–Kier alpha value is -1.81. The molecule has 2 aromatic heterocycles. The third kappa shape index (κ3) is 1.52. The number of halogens is 1. The van der Waals surface area contributed by atoms with E-state index in [0.29, 0.717) is 16.5 Å². The number of hydrogen-bond donors (Lipinski definition) is 0. The lowest BCUT2D eigenvalue weighted by atomic mass is 10.1. The standard InChI is InChI=1S/C12H9ClN2O2/c1-6-11(7(2)16-14-6)12-9-5-8(13)3-4-10(9)15-17-12/h3-5H,1-2H3. The Morgan fingerprint density at radius 1 is 1.12 bits per heavy atom. The van der Waals surface area contributed by atoms with Crippen LogP contribution in [0.3, 0.4) is 0 Å². The van der Waals surface area contributed by atoms with Crippen molar-refractivity contribution in [2.75, 3.05) is 0 Å². The van der Waals surface area contributed by atoms with E-state index in [2.05, 4.69) is 10.3 Å². The first-order chi connectivity index (χ1) is 8.16. The molecule has 0 aliphatic heterocycles. The van der Waals surface area contributed by atoms with Gasteiger partial charge in [0, 0.05) is 5.02 Å². The van der Waals surface area contributed by atoms with Crippen molar-refractivity contribution in [3.05, 3.63) is 34.7 Å². The van der Waals surface area contributed by atoms with Crippen molar-refractivity contribution >= 4 is 22.5 Å². The molecule has 0 radical (unpaired) electrons. The fourth-order valence-electron chi connectivity index (χ4n) is 1.90. The summed E-state index contributed by atoms with van der Waals surface area (Å²) in [6, 6.07) is 5.43. The van der Waals surface area contributed by atoms with E-state index in [0.717, 1.165) is 22.2 Å². The molecule has 0 fully saturated rings. The summed E-state index contributed by atoms with van der Waals surface area (Å²) in [7, 11) is 0. The Morgan fingerprint density at radius 2 is 1.94 bits per heavy atom. The van der Waals surface area contributed by atoms with Crippen molar-refractivity contribution in [3.8, 4) is 11.3 Å². The number of nitrogens with zero attached hydrogens (tertiary/aromatic N) is 2. The molecule has 0 spiro atoms. The molecule has 17 heavy (non-hydrogen) atoms. The van der Waals surface area contributed by atoms with Crippen molar-refractivity contribution in [1.29, 1.82) is 0 Å². The maximum absolute atomic E-state index is 5.98. The molecule has 0 saturated carbocycles. The molecule has 3 aromatic rings. The van der Waals surface area contributed by atoms with E-state index in [4.69, 9.17) is 20.6 Å². The van der Waals surface area contributed by atoms with E-state index in [-0.39, 0.29) is 0 Å². The molecule has 0 unspecified atom stereocenters. The van der Waals surface area contributed by atoms with E-state index in [1.54, 1.807) is 6.07 Å². The highest BCUT2D eigenvalue weighted by molar-refractivity contribution is 6.31. The third-order valence-corrected chi connectivity index (χ3v) is 2.93. The molecule has 0 atom stereocenters. The van der Waals surface area contributed by atoms with Crippen LogP contribution >= 0.6 is 11.6 Å². The maximum atomic E-state index is 5.98. The number of benzene rings is 1. The summed E-state index contributed by atoms with van der Waals surface area (Å²) >= 11 is 5.98. The fraction of sp³-hybridized carbons (Fsp3) is 0.167. The number of aryl methyl sites for hydroxylation is 2. The second-order valence-corrected chi connectivity index (χ2v) is 4.31. The van der Waals surface area contributed by atoms with Gasteiger partial charge in [0.15, 0.2) is 5.76 Å². The van der Waals surface area contributed by atoms with Gasteiger partial charge in [0.25, 0.3) is 0 Å². The molecule has 0 aliphatic carbocycles. The third-order valence-electron chi connectivity index (χ3n) is 2.70. The van der Waals surface area contributed by atoms with Gasteiger partial charge in [-0.25, -0.2) is 0 Å². The lowest BCUT2D eigenvalue weighted by Gasteiger charge is -1.95. The van der Waals surface area contributed by atoms with Crippen LogP contribution in [0.15, 0.2) is 27.2 Å². The highest BCUT2D eigenvalue weighted by Crippen LogP contribution is 2.34. The first kappa shape index (κ1) is 10.4. The van der Waals surface area contributed by atoms with Gasteiger partial charge in [-0.1, -0.05) is 21.9 Å². The molecular weight excluding hydrogens is 240 g/mol. The molecule has 3 rings (SSSR count). The molecule has 0 amide bonds. The second-order valence-electron chi connectivity index (χ2n) is 3.87. The predicted molar refractivity (Wildman–Crippen MR) is 64.0 cm³/mol. The van der Waals surface area contributed by atoms with Crippen molar-refractivity contribution in [1.82, 2.24) is 10.3 Å². The number of hydrogen-bond acceptors (Lipinski definition) is 4. The van der Waals surface area contributed by atoms with E-state index >= 15 is 0 Å². The van der Waals surface area contributed by atoms with Gasteiger partial charge in [0.2, 0.25) is 0 Å². The topological polar surface area (TPSA) is 52.1 Å². The molecule has 0 aliphatic rings. The van der Waals surface area contributed by atoms with Gasteiger partial charge >= 0.3 is 0 Å². The van der Waals surface area contributed by atoms with Crippen molar-refractivity contribution in [2.24, 2.45) is 0 Å². The molecule has 2 heterocycles. The first-order valence-corrected chi connectivity index (χ1v) is 5.53. The highest BCUT2D eigenvalue weighted by atomic mass is 35.5. The monoisotopic (exact) mass is 248 g/mol. The van der Waals surface area contributed by atoms with Crippen LogP contribution in [0.1, 0.15) is 11.5 Å². The van der Waals surface area contributed by atoms with Gasteiger partial charge in [-0.05, 0) is 32.0 Å². The zero-order valence-corrected chi connectivity index (χ0v) is 10.1. The molecule has 5 heteroatoms. The van der Waals surface area contributed by atoms with Crippen LogP contribution in [0, 0.1) is 13.8 Å². The Kier molecular flexibility index (Phi) is 2.19. The number of rotatable bonds is 1. The number of aromatic nitrogens is 2. The number of fused-ring (bicyclic) bond motifs is 1. The summed E-state index contributed by atoms with van der Waals surface area (Å²) in [5.41, 5.74) is 2.39. The summed E-state index contributed by atoms with van der Waals surface area (Å²) < 4.78 is 10.5. The summed E-state index contributed by atoms with van der Waals surface area (Å²) in [5.74, 6) is 1.36. The van der Waals surface area contributed by atoms with Crippen LogP contribution in [0.4, 0.5) is 0 Å². The maximum Gasteiger partial charge on any atom is 0.180 e. The van der Waals surface area contributed by atoms with Crippen molar-refractivity contribution in [2.45, 2.75) is 13.8 Å². The van der Waals surface area contributed by atoms with Crippen LogP contribution in [0.25, 0.3) is 22.2 Å². The second kappa shape index (κ2) is 3.60. The minimum atomic E-state index is 0.647. The summed E-state index contributed by atoms with van der Waals surface area (Å²) in [6.07, 6.45) is 0. The molecule has 4 nitrogen and oxygen atoms in total. The molecule has 0 saturated heterocycles. The van der Waals surface area contributed by atoms with Crippen LogP contribution in [-0.2, 0) is 0 Å². The van der Waals surface area contributed by atoms with Gasteiger partial charge in [0.1, 0.15) is 11.3 Å². The first-order valence-electron chi connectivity index (χ1n) is 5.15. The molecule has 1 aromatic carbocycles.